The van der Waals surface area contributed by atoms with E-state index >= 15 is 0 Å². The maximum atomic E-state index is 14.2. The maximum absolute atomic E-state index is 14.2. The van der Waals surface area contributed by atoms with E-state index in [4.69, 9.17) is 16.3 Å². The molecular weight excluding hydrogens is 792 g/mol. The Hall–Kier alpha value is -4.50. The minimum Gasteiger partial charge on any atom is -0.449 e. The van der Waals surface area contributed by atoms with E-state index in [0.29, 0.717) is 23.4 Å². The molecule has 0 aliphatic carbocycles. The minimum atomic E-state index is -1.26. The van der Waals surface area contributed by atoms with E-state index in [1.165, 1.54) is 45.8 Å². The summed E-state index contributed by atoms with van der Waals surface area (Å²) in [6.45, 7) is 17.1. The summed E-state index contributed by atoms with van der Waals surface area (Å²) >= 11 is 6.12. The van der Waals surface area contributed by atoms with Gasteiger partial charge in [-0.2, -0.15) is 0 Å². The van der Waals surface area contributed by atoms with E-state index in [2.05, 4.69) is 21.3 Å². The molecule has 10 atom stereocenters. The fourth-order valence-corrected chi connectivity index (χ4v) is 7.05. The number of carbonyl (C=O) groups excluding carboxylic acids is 7. The number of aliphatic hydroxyl groups is 1. The van der Waals surface area contributed by atoms with Gasteiger partial charge in [0.1, 0.15) is 24.2 Å². The first-order chi connectivity index (χ1) is 28.0. The Kier molecular flexibility index (Phi) is 20.7. The number of nitrogens with one attached hydrogen (secondary N) is 4. The lowest BCUT2D eigenvalue weighted by molar-refractivity contribution is -0.154. The molecule has 5 N–H and O–H groups in total. The highest BCUT2D eigenvalue weighted by Crippen LogP contribution is 2.23. The van der Waals surface area contributed by atoms with E-state index in [-0.39, 0.29) is 42.6 Å². The molecule has 15 nitrogen and oxygen atoms in total. The number of amides is 6. The fourth-order valence-electron chi connectivity index (χ4n) is 6.93. The Morgan fingerprint density at radius 2 is 1.38 bits per heavy atom. The first kappa shape index (κ1) is 51.6. The zero-order valence-electron chi connectivity index (χ0n) is 37.5. The summed E-state index contributed by atoms with van der Waals surface area (Å²) in [5.74, 6) is -5.40. The second-order valence-corrected chi connectivity index (χ2v) is 17.3. The van der Waals surface area contributed by atoms with E-state index in [1.54, 1.807) is 38.1 Å². The van der Waals surface area contributed by atoms with Gasteiger partial charge in [0.25, 0.3) is 5.91 Å². The fraction of sp³-hybridized carbons (Fsp3) is 0.659. The molecule has 16 heteroatoms. The van der Waals surface area contributed by atoms with Gasteiger partial charge in [0.05, 0.1) is 12.6 Å². The number of hydrogen-bond donors (Lipinski definition) is 5. The average Bonchev–Trinajstić information content (AvgIpc) is 3.20. The number of likely N-dealkylation sites (N-methyl/N-ethyl adjacent to an activating group) is 2. The number of benzene rings is 1. The first-order valence-electron chi connectivity index (χ1n) is 21.0. The van der Waals surface area contributed by atoms with Crippen molar-refractivity contribution < 1.29 is 43.4 Å². The van der Waals surface area contributed by atoms with Crippen molar-refractivity contribution in [3.63, 3.8) is 0 Å². The van der Waals surface area contributed by atoms with Gasteiger partial charge in [0.15, 0.2) is 6.10 Å². The van der Waals surface area contributed by atoms with Gasteiger partial charge in [-0.1, -0.05) is 91.1 Å². The zero-order chi connectivity index (χ0) is 45.6. The normalized spacial score (nSPS) is 28.8. The molecule has 336 valence electrons. The van der Waals surface area contributed by atoms with E-state index < -0.39 is 96.3 Å². The molecule has 0 aromatic heterocycles. The van der Waals surface area contributed by atoms with Crippen LogP contribution in [-0.4, -0.2) is 119 Å². The van der Waals surface area contributed by atoms with Gasteiger partial charge >= 0.3 is 5.97 Å². The summed E-state index contributed by atoms with van der Waals surface area (Å²) in [7, 11) is 2.83. The number of esters is 1. The molecule has 2 rings (SSSR count). The number of nitrogens with zero attached hydrogens (tertiary/aromatic N) is 2. The minimum absolute atomic E-state index is 0.0350. The van der Waals surface area contributed by atoms with Gasteiger partial charge < -0.3 is 40.9 Å². The summed E-state index contributed by atoms with van der Waals surface area (Å²) < 4.78 is 5.68. The average molecular weight is 862 g/mol. The van der Waals surface area contributed by atoms with Crippen LogP contribution >= 0.6 is 11.6 Å². The molecule has 1 aliphatic heterocycles. The van der Waals surface area contributed by atoms with Crippen LogP contribution in [0.2, 0.25) is 5.02 Å². The molecule has 1 aliphatic rings. The summed E-state index contributed by atoms with van der Waals surface area (Å²) in [6, 6.07) is 1.84. The van der Waals surface area contributed by atoms with Crippen LogP contribution in [0.1, 0.15) is 100 Å². The van der Waals surface area contributed by atoms with Crippen LogP contribution in [0, 0.1) is 23.7 Å². The Balaban J connectivity index is 2.62. The highest BCUT2D eigenvalue weighted by atomic mass is 35.5. The second kappa shape index (κ2) is 24.1. The number of aliphatic hydroxyl groups excluding tert-OH is 1. The van der Waals surface area contributed by atoms with Gasteiger partial charge in [-0.15, -0.1) is 0 Å². The quantitative estimate of drug-likeness (QED) is 0.243. The molecular formula is C44H69ClN6O9. The van der Waals surface area contributed by atoms with Crippen LogP contribution in [0.3, 0.4) is 0 Å². The summed E-state index contributed by atoms with van der Waals surface area (Å²) in [6.07, 6.45) is 0.678. The third kappa shape index (κ3) is 15.2. The van der Waals surface area contributed by atoms with E-state index in [9.17, 15) is 38.7 Å². The Bertz CT molecular complexity index is 1690. The maximum Gasteiger partial charge on any atom is 0.334 e. The topological polar surface area (TPSA) is 204 Å². The lowest BCUT2D eigenvalue weighted by Gasteiger charge is -2.34. The van der Waals surface area contributed by atoms with Crippen molar-refractivity contribution in [2.24, 2.45) is 23.7 Å². The summed E-state index contributed by atoms with van der Waals surface area (Å²) in [4.78, 5) is 98.4. The lowest BCUT2D eigenvalue weighted by atomic mass is 9.84. The predicted octanol–water partition coefficient (Wildman–Crippen LogP) is 3.54. The molecule has 0 spiro atoms. The molecule has 0 radical (unpaired) electrons. The number of rotatable bonds is 8. The van der Waals surface area contributed by atoms with Crippen molar-refractivity contribution in [1.82, 2.24) is 31.1 Å². The van der Waals surface area contributed by atoms with E-state index in [1.807, 2.05) is 34.6 Å². The largest absolute Gasteiger partial charge is 0.449 e. The first-order valence-corrected chi connectivity index (χ1v) is 21.4. The number of hydrogen-bond acceptors (Lipinski definition) is 9. The Morgan fingerprint density at radius 3 is 1.95 bits per heavy atom. The van der Waals surface area contributed by atoms with Crippen LogP contribution in [0.5, 0.6) is 0 Å². The molecule has 1 aromatic carbocycles. The van der Waals surface area contributed by atoms with Crippen molar-refractivity contribution in [3.8, 4) is 0 Å². The van der Waals surface area contributed by atoms with Gasteiger partial charge in [-0.3, -0.25) is 28.8 Å². The van der Waals surface area contributed by atoms with Crippen LogP contribution in [0.15, 0.2) is 35.9 Å². The molecule has 0 saturated heterocycles. The second-order valence-electron chi connectivity index (χ2n) is 16.9. The lowest BCUT2D eigenvalue weighted by Crippen LogP contribution is -2.58. The smallest absolute Gasteiger partial charge is 0.334 e. The SMILES string of the molecule is CCC(C)C1NC(=O)CN(C)C(=O)[C@@H](Cc2ccc(Cl)cc2)N(C)C(=O)[C@H](C)NC(=O)[C@@H](CC(C)C)OC(=O)/C(C)=C/C[C@H](O)[C@H](C)[C@@H]([C@@H](C)CC)NC(=O)[C@@H](C)NC1=O. The Morgan fingerprint density at radius 1 is 0.800 bits per heavy atom. The third-order valence-corrected chi connectivity index (χ3v) is 11.7. The highest BCUT2D eigenvalue weighted by molar-refractivity contribution is 6.30. The standard InChI is InChI=1S/C44H69ClN6O9/c1-13-25(5)37-28(8)34(52)20-15-27(7)44(59)60-35(21-24(3)4)40(55)47-30(10)42(57)51(12)33(22-31-16-18-32(45)19-17-31)43(58)50(11)23-36(53)48-38(26(6)14-2)41(56)46-29(9)39(54)49-37/h15-19,24-26,28-30,33-35,37-38,52H,13-14,20-23H2,1-12H3,(H,46,56)(H,47,55)(H,48,53)(H,49,54)/b27-15+/t25-,26?,28-,29+,30-,33+,34-,35+,37+,38?/m0/s1. The molecule has 60 heavy (non-hydrogen) atoms. The van der Waals surface area contributed by atoms with Crippen LogP contribution in [-0.2, 0) is 44.7 Å². The molecule has 2 unspecified atom stereocenters. The van der Waals surface area contributed by atoms with Crippen molar-refractivity contribution in [2.45, 2.75) is 144 Å². The van der Waals surface area contributed by atoms with Crippen molar-refractivity contribution in [1.29, 1.82) is 0 Å². The third-order valence-electron chi connectivity index (χ3n) is 11.4. The highest BCUT2D eigenvalue weighted by Gasteiger charge is 2.36. The molecule has 1 heterocycles. The number of ether oxygens (including phenoxy) is 1. The molecule has 0 saturated carbocycles. The molecule has 0 fully saturated rings. The molecule has 0 bridgehead atoms. The zero-order valence-corrected chi connectivity index (χ0v) is 38.2. The van der Waals surface area contributed by atoms with Crippen molar-refractivity contribution >= 4 is 53.0 Å². The number of halogens is 1. The van der Waals surface area contributed by atoms with Crippen LogP contribution < -0.4 is 21.3 Å². The molecule has 6 amide bonds. The summed E-state index contributed by atoms with van der Waals surface area (Å²) in [5, 5.41) is 22.9. The van der Waals surface area contributed by atoms with Crippen molar-refractivity contribution in [3.05, 3.63) is 46.5 Å². The van der Waals surface area contributed by atoms with Crippen LogP contribution in [0.25, 0.3) is 0 Å². The van der Waals surface area contributed by atoms with E-state index in [0.717, 1.165) is 4.90 Å². The predicted molar refractivity (Wildman–Crippen MR) is 230 cm³/mol. The van der Waals surface area contributed by atoms with Gasteiger partial charge in [-0.25, -0.2) is 4.79 Å². The monoisotopic (exact) mass is 860 g/mol. The van der Waals surface area contributed by atoms with Gasteiger partial charge in [-0.05, 0) is 69.1 Å². The Labute approximate surface area is 361 Å². The molecule has 1 aromatic rings. The number of cyclic esters (lactones) is 1. The summed E-state index contributed by atoms with van der Waals surface area (Å²) in [5.41, 5.74) is 0.826. The number of carbonyl (C=O) groups is 7. The van der Waals surface area contributed by atoms with Gasteiger partial charge in [0.2, 0.25) is 29.5 Å². The van der Waals surface area contributed by atoms with Crippen molar-refractivity contribution in [2.75, 3.05) is 20.6 Å². The van der Waals surface area contributed by atoms with Crippen LogP contribution in [0.4, 0.5) is 0 Å². The van der Waals surface area contributed by atoms with Gasteiger partial charge in [0, 0.05) is 43.1 Å².